The summed E-state index contributed by atoms with van der Waals surface area (Å²) < 4.78 is 1.50. The zero-order chi connectivity index (χ0) is 15.6. The number of H-pyrrole nitrogens is 1. The number of aromatic nitrogens is 3. The van der Waals surface area contributed by atoms with Crippen molar-refractivity contribution in [2.24, 2.45) is 7.05 Å². The first-order valence-corrected chi connectivity index (χ1v) is 6.96. The zero-order valence-corrected chi connectivity index (χ0v) is 12.4. The van der Waals surface area contributed by atoms with E-state index < -0.39 is 6.10 Å². The van der Waals surface area contributed by atoms with Gasteiger partial charge in [0, 0.05) is 19.3 Å². The van der Waals surface area contributed by atoms with Crippen molar-refractivity contribution in [1.29, 1.82) is 0 Å². The molecule has 0 aliphatic carbocycles. The van der Waals surface area contributed by atoms with E-state index in [-0.39, 0.29) is 16.9 Å². The molecule has 0 saturated heterocycles. The molecule has 21 heavy (non-hydrogen) atoms. The third-order valence-electron chi connectivity index (χ3n) is 3.42. The number of carbonyl (C=O) groups is 1. The molecule has 0 saturated carbocycles. The summed E-state index contributed by atoms with van der Waals surface area (Å²) in [6.07, 6.45) is 0.706. The number of aliphatic hydroxyl groups excluding tert-OH is 1. The number of hydrogen-bond donors (Lipinski definition) is 3. The van der Waals surface area contributed by atoms with Crippen LogP contribution >= 0.6 is 0 Å². The van der Waals surface area contributed by atoms with Gasteiger partial charge in [-0.2, -0.15) is 0 Å². The Morgan fingerprint density at radius 3 is 2.95 bits per heavy atom. The largest absolute Gasteiger partial charge is 0.393 e. The van der Waals surface area contributed by atoms with Crippen LogP contribution in [0.15, 0.2) is 10.9 Å². The van der Waals surface area contributed by atoms with Crippen LogP contribution in [0.2, 0.25) is 0 Å². The Morgan fingerprint density at radius 2 is 2.29 bits per heavy atom. The number of nitrogens with one attached hydrogen (secondary N) is 2. The van der Waals surface area contributed by atoms with Gasteiger partial charge < -0.3 is 10.4 Å². The molecule has 0 fully saturated rings. The minimum Gasteiger partial charge on any atom is -0.393 e. The molecule has 7 nitrogen and oxygen atoms in total. The highest BCUT2D eigenvalue weighted by Gasteiger charge is 2.17. The Kier molecular flexibility index (Phi) is 4.42. The number of nitrogens with zero attached hydrogens (tertiary/aromatic N) is 2. The predicted molar refractivity (Wildman–Crippen MR) is 79.3 cm³/mol. The van der Waals surface area contributed by atoms with E-state index in [4.69, 9.17) is 0 Å². The lowest BCUT2D eigenvalue weighted by Gasteiger charge is -2.09. The average Bonchev–Trinajstić information content (AvgIpc) is 2.72. The van der Waals surface area contributed by atoms with Crippen molar-refractivity contribution in [3.8, 4) is 0 Å². The number of hydrogen-bond acceptors (Lipinski definition) is 4. The van der Waals surface area contributed by atoms with Crippen molar-refractivity contribution in [1.82, 2.24) is 20.1 Å². The highest BCUT2D eigenvalue weighted by molar-refractivity contribution is 6.05. The number of rotatable bonds is 5. The Balaban J connectivity index is 2.29. The lowest BCUT2D eigenvalue weighted by Crippen LogP contribution is -2.28. The molecular weight excluding hydrogens is 272 g/mol. The fourth-order valence-corrected chi connectivity index (χ4v) is 2.22. The van der Waals surface area contributed by atoms with E-state index in [9.17, 15) is 14.7 Å². The second kappa shape index (κ2) is 6.09. The molecule has 2 aromatic heterocycles. The molecule has 3 N–H and O–H groups in total. The van der Waals surface area contributed by atoms with Crippen LogP contribution < -0.4 is 10.9 Å². The van der Waals surface area contributed by atoms with Gasteiger partial charge in [0.1, 0.15) is 0 Å². The molecule has 7 heteroatoms. The number of aliphatic hydroxyl groups is 1. The molecule has 2 aromatic rings. The second-order valence-corrected chi connectivity index (χ2v) is 5.12. The Hall–Kier alpha value is -2.15. The van der Waals surface area contributed by atoms with E-state index in [1.54, 1.807) is 20.0 Å². The number of pyridine rings is 1. The summed E-state index contributed by atoms with van der Waals surface area (Å²) in [7, 11) is 1.68. The summed E-state index contributed by atoms with van der Waals surface area (Å²) in [5.74, 6) is -0.328. The van der Waals surface area contributed by atoms with Crippen molar-refractivity contribution >= 4 is 16.9 Å². The Labute approximate surface area is 122 Å². The normalized spacial score (nSPS) is 12.6. The zero-order valence-electron chi connectivity index (χ0n) is 12.4. The average molecular weight is 292 g/mol. The summed E-state index contributed by atoms with van der Waals surface area (Å²) in [5.41, 5.74) is 1.10. The fraction of sp³-hybridized carbons (Fsp3) is 0.500. The molecule has 2 heterocycles. The molecule has 1 atom stereocenters. The van der Waals surface area contributed by atoms with Crippen LogP contribution in [-0.2, 0) is 7.05 Å². The number of fused-ring (bicyclic) bond motifs is 1. The molecule has 0 radical (unpaired) electrons. The summed E-state index contributed by atoms with van der Waals surface area (Å²) in [4.78, 5) is 28.5. The quantitative estimate of drug-likeness (QED) is 0.745. The first-order valence-electron chi connectivity index (χ1n) is 6.96. The van der Waals surface area contributed by atoms with Crippen LogP contribution in [0.5, 0.6) is 0 Å². The maximum atomic E-state index is 12.3. The van der Waals surface area contributed by atoms with Crippen LogP contribution in [0.25, 0.3) is 11.0 Å². The third-order valence-corrected chi connectivity index (χ3v) is 3.42. The molecule has 114 valence electrons. The summed E-state index contributed by atoms with van der Waals surface area (Å²) in [5, 5.41) is 15.1. The van der Waals surface area contributed by atoms with Crippen molar-refractivity contribution in [2.45, 2.75) is 32.8 Å². The highest BCUT2D eigenvalue weighted by atomic mass is 16.3. The van der Waals surface area contributed by atoms with Gasteiger partial charge in [0.25, 0.3) is 11.5 Å². The summed E-state index contributed by atoms with van der Waals surface area (Å²) >= 11 is 0. The smallest absolute Gasteiger partial charge is 0.274 e. The highest BCUT2D eigenvalue weighted by Crippen LogP contribution is 2.14. The van der Waals surface area contributed by atoms with Crippen molar-refractivity contribution in [3.63, 3.8) is 0 Å². The third kappa shape index (κ3) is 3.13. The van der Waals surface area contributed by atoms with Gasteiger partial charge >= 0.3 is 0 Å². The second-order valence-electron chi connectivity index (χ2n) is 5.12. The molecule has 0 aliphatic rings. The molecule has 0 bridgehead atoms. The molecule has 0 aromatic carbocycles. The van der Waals surface area contributed by atoms with E-state index >= 15 is 0 Å². The molecule has 2 rings (SSSR count). The monoisotopic (exact) mass is 292 g/mol. The van der Waals surface area contributed by atoms with E-state index in [0.29, 0.717) is 36.3 Å². The van der Waals surface area contributed by atoms with E-state index in [2.05, 4.69) is 15.4 Å². The number of carbonyl (C=O) groups excluding carboxylic acids is 1. The van der Waals surface area contributed by atoms with Crippen LogP contribution in [-0.4, -0.2) is 38.4 Å². The van der Waals surface area contributed by atoms with Gasteiger partial charge in [-0.25, -0.2) is 4.98 Å². The molecule has 1 amide bonds. The van der Waals surface area contributed by atoms with Gasteiger partial charge in [0.2, 0.25) is 0 Å². The van der Waals surface area contributed by atoms with Crippen molar-refractivity contribution < 1.29 is 9.90 Å². The van der Waals surface area contributed by atoms with Gasteiger partial charge in [-0.15, -0.1) is 0 Å². The topological polar surface area (TPSA) is 100 Å². The predicted octanol–water partition coefficient (Wildman–Crippen LogP) is 0.461. The summed E-state index contributed by atoms with van der Waals surface area (Å²) in [6, 6.07) is 1.60. The molecule has 1 unspecified atom stereocenters. The number of amides is 1. The van der Waals surface area contributed by atoms with Gasteiger partial charge in [-0.05, 0) is 25.8 Å². The lowest BCUT2D eigenvalue weighted by atomic mass is 10.1. The van der Waals surface area contributed by atoms with Gasteiger partial charge in [0.15, 0.2) is 5.65 Å². The fourth-order valence-electron chi connectivity index (χ4n) is 2.22. The van der Waals surface area contributed by atoms with Crippen LogP contribution in [0, 0.1) is 6.92 Å². The van der Waals surface area contributed by atoms with Crippen LogP contribution in [0.4, 0.5) is 0 Å². The Bertz CT molecular complexity index is 717. The van der Waals surface area contributed by atoms with Crippen LogP contribution in [0.3, 0.4) is 0 Å². The molecular formula is C14H20N4O3. The molecule has 0 aliphatic heterocycles. The van der Waals surface area contributed by atoms with Gasteiger partial charge in [-0.3, -0.25) is 19.4 Å². The van der Waals surface area contributed by atoms with Gasteiger partial charge in [-0.1, -0.05) is 6.92 Å². The van der Waals surface area contributed by atoms with Gasteiger partial charge in [0.05, 0.1) is 17.1 Å². The Morgan fingerprint density at radius 1 is 1.57 bits per heavy atom. The minimum atomic E-state index is -0.426. The van der Waals surface area contributed by atoms with E-state index in [0.717, 1.165) is 0 Å². The van der Waals surface area contributed by atoms with E-state index in [1.165, 1.54) is 4.68 Å². The first-order chi connectivity index (χ1) is 9.93. The first kappa shape index (κ1) is 15.2. The van der Waals surface area contributed by atoms with E-state index in [1.807, 2.05) is 6.92 Å². The van der Waals surface area contributed by atoms with Crippen molar-refractivity contribution in [2.75, 3.05) is 6.54 Å². The molecule has 0 spiro atoms. The number of aryl methyl sites for hydroxylation is 2. The SMILES string of the molecule is CCC(O)CCNC(=O)c1cc(C)nc2c1c(=O)[nH]n2C. The maximum absolute atomic E-state index is 12.3. The maximum Gasteiger partial charge on any atom is 0.274 e. The number of aromatic amines is 1. The summed E-state index contributed by atoms with van der Waals surface area (Å²) in [6.45, 7) is 4.02. The lowest BCUT2D eigenvalue weighted by molar-refractivity contribution is 0.0943. The standard InChI is InChI=1S/C14H20N4O3/c1-4-9(19)5-6-15-13(20)10-7-8(2)16-12-11(10)14(21)17-18(12)3/h7,9,19H,4-6H2,1-3H3,(H,15,20)(H,17,21). The van der Waals surface area contributed by atoms with Crippen molar-refractivity contribution in [3.05, 3.63) is 27.7 Å². The van der Waals surface area contributed by atoms with Crippen LogP contribution in [0.1, 0.15) is 35.8 Å². The minimum absolute atomic E-state index is 0.289.